The van der Waals surface area contributed by atoms with Crippen molar-refractivity contribution in [2.24, 2.45) is 5.41 Å². The monoisotopic (exact) mass is 437 g/mol. The molecule has 0 aliphatic heterocycles. The molecule has 4 N–H and O–H groups in total. The highest BCUT2D eigenvalue weighted by atomic mass is 16.5. The molecule has 0 bridgehead atoms. The molecule has 10 nitrogen and oxygen atoms in total. The van der Waals surface area contributed by atoms with E-state index in [1.165, 1.54) is 4.90 Å². The molecule has 0 spiro atoms. The molecule has 1 aromatic carbocycles. The number of aliphatic hydroxyl groups is 2. The number of benzene rings is 1. The van der Waals surface area contributed by atoms with Crippen LogP contribution in [-0.2, 0) is 25.7 Å². The lowest BCUT2D eigenvalue weighted by atomic mass is 9.95. The number of ether oxygens (including phenoxy) is 1. The molecular formula is C21H31N3O7. The first-order valence-electron chi connectivity index (χ1n) is 9.89. The first-order chi connectivity index (χ1) is 14.6. The summed E-state index contributed by atoms with van der Waals surface area (Å²) in [5.41, 5.74) is 0.572. The van der Waals surface area contributed by atoms with Crippen LogP contribution in [0.15, 0.2) is 24.3 Å². The summed E-state index contributed by atoms with van der Waals surface area (Å²) in [7, 11) is 0. The van der Waals surface area contributed by atoms with Crippen molar-refractivity contribution in [2.45, 2.75) is 27.3 Å². The van der Waals surface area contributed by atoms with Crippen LogP contribution in [0.1, 0.15) is 36.7 Å². The smallest absolute Gasteiger partial charge is 0.331 e. The minimum atomic E-state index is -0.808. The molecule has 0 heterocycles. The van der Waals surface area contributed by atoms with E-state index in [1.54, 1.807) is 45.0 Å². The summed E-state index contributed by atoms with van der Waals surface area (Å²) in [5, 5.41) is 22.8. The number of esters is 1. The van der Waals surface area contributed by atoms with Crippen LogP contribution < -0.4 is 10.6 Å². The number of nitrogens with zero attached hydrogens (tertiary/aromatic N) is 1. The van der Waals surface area contributed by atoms with Gasteiger partial charge in [0.25, 0.3) is 5.91 Å². The first kappa shape index (κ1) is 26.1. The molecule has 10 heteroatoms. The van der Waals surface area contributed by atoms with E-state index in [0.29, 0.717) is 5.56 Å². The summed E-state index contributed by atoms with van der Waals surface area (Å²) in [6, 6.07) is 6.76. The summed E-state index contributed by atoms with van der Waals surface area (Å²) >= 11 is 0. The highest BCUT2D eigenvalue weighted by Gasteiger charge is 2.21. The van der Waals surface area contributed by atoms with Crippen molar-refractivity contribution in [1.82, 2.24) is 15.5 Å². The van der Waals surface area contributed by atoms with Crippen LogP contribution in [0.3, 0.4) is 0 Å². The van der Waals surface area contributed by atoms with Crippen molar-refractivity contribution < 1.29 is 34.1 Å². The number of rotatable bonds is 11. The third kappa shape index (κ3) is 9.58. The maximum atomic E-state index is 13.0. The average Bonchev–Trinajstić information content (AvgIpc) is 2.74. The fourth-order valence-electron chi connectivity index (χ4n) is 2.46. The Hall–Kier alpha value is -2.98. The normalized spacial score (nSPS) is 10.9. The Balaban J connectivity index is 2.84. The zero-order chi connectivity index (χ0) is 23.4. The number of carbonyl (C=O) groups is 4. The lowest BCUT2D eigenvalue weighted by molar-refractivity contribution is -0.147. The van der Waals surface area contributed by atoms with Crippen LogP contribution in [-0.4, -0.2) is 78.3 Å². The zero-order valence-corrected chi connectivity index (χ0v) is 18.1. The van der Waals surface area contributed by atoms with Crippen LogP contribution in [0.5, 0.6) is 0 Å². The molecule has 0 aromatic heterocycles. The number of aliphatic hydroxyl groups excluding tert-OH is 2. The van der Waals surface area contributed by atoms with Crippen molar-refractivity contribution >= 4 is 23.7 Å². The van der Waals surface area contributed by atoms with Crippen molar-refractivity contribution in [2.75, 3.05) is 39.5 Å². The number of hydrogen-bond donors (Lipinski definition) is 4. The van der Waals surface area contributed by atoms with E-state index in [4.69, 9.17) is 14.9 Å². The maximum Gasteiger partial charge on any atom is 0.331 e. The molecule has 0 aliphatic rings. The van der Waals surface area contributed by atoms with Crippen molar-refractivity contribution in [3.05, 3.63) is 35.4 Å². The van der Waals surface area contributed by atoms with E-state index in [2.05, 4.69) is 10.6 Å². The van der Waals surface area contributed by atoms with E-state index in [9.17, 15) is 19.2 Å². The molecule has 1 rings (SSSR count). The Bertz CT molecular complexity index is 752. The predicted molar refractivity (Wildman–Crippen MR) is 112 cm³/mol. The Morgan fingerprint density at radius 1 is 1.03 bits per heavy atom. The van der Waals surface area contributed by atoms with Gasteiger partial charge in [-0.1, -0.05) is 32.9 Å². The van der Waals surface area contributed by atoms with Gasteiger partial charge in [-0.25, -0.2) is 4.79 Å². The summed E-state index contributed by atoms with van der Waals surface area (Å²) in [4.78, 5) is 48.8. The average molecular weight is 437 g/mol. The largest absolute Gasteiger partial charge is 0.462 e. The van der Waals surface area contributed by atoms with Crippen molar-refractivity contribution in [1.29, 1.82) is 0 Å². The Morgan fingerprint density at radius 3 is 2.35 bits per heavy atom. The van der Waals surface area contributed by atoms with E-state index in [-0.39, 0.29) is 44.6 Å². The molecule has 1 aromatic rings. The van der Waals surface area contributed by atoms with Gasteiger partial charge in [-0.3, -0.25) is 14.4 Å². The van der Waals surface area contributed by atoms with Crippen LogP contribution >= 0.6 is 0 Å². The maximum absolute atomic E-state index is 13.0. The molecule has 0 saturated carbocycles. The molecule has 0 aliphatic carbocycles. The minimum Gasteiger partial charge on any atom is -0.462 e. The van der Waals surface area contributed by atoms with Gasteiger partial charge in [-0.15, -0.1) is 0 Å². The lowest BCUT2D eigenvalue weighted by Crippen LogP contribution is -2.41. The van der Waals surface area contributed by atoms with Gasteiger partial charge in [0.15, 0.2) is 0 Å². The first-order valence-corrected chi connectivity index (χ1v) is 9.89. The van der Waals surface area contributed by atoms with Gasteiger partial charge >= 0.3 is 5.97 Å². The van der Waals surface area contributed by atoms with Crippen LogP contribution in [0.25, 0.3) is 0 Å². The quantitative estimate of drug-likeness (QED) is 0.339. The molecule has 0 fully saturated rings. The number of amides is 3. The van der Waals surface area contributed by atoms with Gasteiger partial charge in [0.2, 0.25) is 11.8 Å². The van der Waals surface area contributed by atoms with Crippen molar-refractivity contribution in [3.8, 4) is 0 Å². The minimum absolute atomic E-state index is 0.0462. The third-order valence-electron chi connectivity index (χ3n) is 4.20. The highest BCUT2D eigenvalue weighted by Crippen LogP contribution is 2.14. The second-order valence-corrected chi connectivity index (χ2v) is 7.81. The van der Waals surface area contributed by atoms with Crippen LogP contribution in [0, 0.1) is 5.41 Å². The second-order valence-electron chi connectivity index (χ2n) is 7.81. The number of carbonyl (C=O) groups excluding carboxylic acids is 4. The molecule has 3 amide bonds. The summed E-state index contributed by atoms with van der Waals surface area (Å²) < 4.78 is 4.82. The topological polar surface area (TPSA) is 145 Å². The van der Waals surface area contributed by atoms with Gasteiger partial charge in [0.05, 0.1) is 6.54 Å². The van der Waals surface area contributed by atoms with Gasteiger partial charge in [0.1, 0.15) is 19.8 Å². The van der Waals surface area contributed by atoms with E-state index >= 15 is 0 Å². The number of hydrogen-bond acceptors (Lipinski definition) is 7. The van der Waals surface area contributed by atoms with Gasteiger partial charge in [-0.2, -0.15) is 0 Å². The number of nitrogens with one attached hydrogen (secondary N) is 2. The Labute approximate surface area is 181 Å². The lowest BCUT2D eigenvalue weighted by Gasteiger charge is -2.23. The predicted octanol–water partition coefficient (Wildman–Crippen LogP) is -0.565. The molecule has 0 radical (unpaired) electrons. The molecule has 31 heavy (non-hydrogen) atoms. The SMILES string of the molecule is CC(C)(C)C(=O)NCc1cccc(C(=O)N(CCNC(=O)CO)CCOC(=O)CO)c1. The Kier molecular flexibility index (Phi) is 10.6. The summed E-state index contributed by atoms with van der Waals surface area (Å²) in [6.45, 7) is 4.39. The zero-order valence-electron chi connectivity index (χ0n) is 18.1. The molecule has 0 unspecified atom stereocenters. The Morgan fingerprint density at radius 2 is 1.74 bits per heavy atom. The third-order valence-corrected chi connectivity index (χ3v) is 4.20. The summed E-state index contributed by atoms with van der Waals surface area (Å²) in [5.74, 6) is -1.85. The van der Waals surface area contributed by atoms with E-state index in [1.807, 2.05) is 0 Å². The van der Waals surface area contributed by atoms with E-state index in [0.717, 1.165) is 5.56 Å². The second kappa shape index (κ2) is 12.7. The highest BCUT2D eigenvalue weighted by molar-refractivity contribution is 5.94. The standard InChI is InChI=1S/C21H31N3O7/c1-21(2,3)20(30)23-12-15-5-4-6-16(11-15)19(29)24(8-7-22-17(27)13-25)9-10-31-18(28)14-26/h4-6,11,25-26H,7-10,12-14H2,1-3H3,(H,22,27)(H,23,30). The molecule has 0 atom stereocenters. The van der Waals surface area contributed by atoms with Gasteiger partial charge in [0, 0.05) is 30.6 Å². The fraction of sp³-hybridized carbons (Fsp3) is 0.524. The van der Waals surface area contributed by atoms with Crippen molar-refractivity contribution in [3.63, 3.8) is 0 Å². The summed E-state index contributed by atoms with van der Waals surface area (Å²) in [6.07, 6.45) is 0. The van der Waals surface area contributed by atoms with Crippen LogP contribution in [0.2, 0.25) is 0 Å². The van der Waals surface area contributed by atoms with Gasteiger partial charge in [-0.05, 0) is 17.7 Å². The molecule has 172 valence electrons. The van der Waals surface area contributed by atoms with Gasteiger partial charge < -0.3 is 30.5 Å². The van der Waals surface area contributed by atoms with E-state index < -0.39 is 30.5 Å². The van der Waals surface area contributed by atoms with Crippen LogP contribution in [0.4, 0.5) is 0 Å². The molecule has 0 saturated heterocycles. The fourth-order valence-corrected chi connectivity index (χ4v) is 2.46. The molecular weight excluding hydrogens is 406 g/mol.